The van der Waals surface area contributed by atoms with E-state index in [4.69, 9.17) is 5.11 Å². The number of carbonyl (C=O) groups is 1. The Morgan fingerprint density at radius 2 is 1.50 bits per heavy atom. The van der Waals surface area contributed by atoms with Crippen molar-refractivity contribution in [3.63, 3.8) is 0 Å². The van der Waals surface area contributed by atoms with Crippen LogP contribution in [0, 0.1) is 5.82 Å². The van der Waals surface area contributed by atoms with E-state index in [1.54, 1.807) is 36.4 Å². The van der Waals surface area contributed by atoms with Gasteiger partial charge in [-0.2, -0.15) is 4.31 Å². The highest BCUT2D eigenvalue weighted by Crippen LogP contribution is 2.21. The topological polar surface area (TPSA) is 74.7 Å². The lowest BCUT2D eigenvalue weighted by Gasteiger charge is -2.22. The minimum atomic E-state index is -3.84. The molecule has 3 aromatic rings. The molecule has 0 fully saturated rings. The van der Waals surface area contributed by atoms with E-state index in [1.165, 1.54) is 46.8 Å². The summed E-state index contributed by atoms with van der Waals surface area (Å²) < 4.78 is 41.1. The molecule has 0 heterocycles. The van der Waals surface area contributed by atoms with Crippen LogP contribution in [0.3, 0.4) is 0 Å². The third-order valence-electron chi connectivity index (χ3n) is 4.19. The number of aromatic carboxylic acids is 1. The first-order valence-corrected chi connectivity index (χ1v) is 9.92. The van der Waals surface area contributed by atoms with E-state index in [9.17, 15) is 17.6 Å². The van der Waals surface area contributed by atoms with Gasteiger partial charge in [0.2, 0.25) is 10.0 Å². The molecule has 0 saturated carbocycles. The molecule has 1 N–H and O–H groups in total. The molecule has 0 aliphatic heterocycles. The van der Waals surface area contributed by atoms with Crippen molar-refractivity contribution in [2.75, 3.05) is 0 Å². The molecule has 28 heavy (non-hydrogen) atoms. The second-order valence-corrected chi connectivity index (χ2v) is 8.16. The normalized spacial score (nSPS) is 11.5. The number of carboxylic acids is 1. The predicted molar refractivity (Wildman–Crippen MR) is 103 cm³/mol. The van der Waals surface area contributed by atoms with Gasteiger partial charge in [-0.3, -0.25) is 0 Å². The van der Waals surface area contributed by atoms with Crippen molar-refractivity contribution in [3.05, 3.63) is 101 Å². The molecule has 0 aliphatic carbocycles. The molecule has 7 heteroatoms. The monoisotopic (exact) mass is 399 g/mol. The Morgan fingerprint density at radius 3 is 2.11 bits per heavy atom. The number of carboxylic acid groups (broad SMARTS) is 1. The van der Waals surface area contributed by atoms with E-state index < -0.39 is 21.8 Å². The molecule has 3 aromatic carbocycles. The Hall–Kier alpha value is -3.03. The number of rotatable bonds is 7. The molecule has 0 saturated heterocycles. The summed E-state index contributed by atoms with van der Waals surface area (Å²) in [6, 6.07) is 19.8. The van der Waals surface area contributed by atoms with Gasteiger partial charge < -0.3 is 5.11 Å². The summed E-state index contributed by atoms with van der Waals surface area (Å²) in [5.74, 6) is -1.50. The molecule has 0 radical (unpaired) electrons. The van der Waals surface area contributed by atoms with Crippen molar-refractivity contribution in [1.29, 1.82) is 0 Å². The Labute approximate surface area is 162 Å². The van der Waals surface area contributed by atoms with Gasteiger partial charge in [-0.15, -0.1) is 0 Å². The van der Waals surface area contributed by atoms with E-state index in [0.717, 1.165) is 0 Å². The van der Waals surface area contributed by atoms with Crippen LogP contribution in [0.15, 0.2) is 83.8 Å². The van der Waals surface area contributed by atoms with E-state index in [1.807, 2.05) is 0 Å². The SMILES string of the molecule is O=C(O)c1ccc(CN(Cc2cccc(F)c2)S(=O)(=O)c2ccccc2)cc1. The van der Waals surface area contributed by atoms with Crippen molar-refractivity contribution in [3.8, 4) is 0 Å². The van der Waals surface area contributed by atoms with Crippen LogP contribution in [-0.4, -0.2) is 23.8 Å². The lowest BCUT2D eigenvalue weighted by Crippen LogP contribution is -2.30. The fourth-order valence-electron chi connectivity index (χ4n) is 2.76. The van der Waals surface area contributed by atoms with Crippen LogP contribution in [0.25, 0.3) is 0 Å². The summed E-state index contributed by atoms with van der Waals surface area (Å²) in [5.41, 5.74) is 1.26. The average Bonchev–Trinajstić information content (AvgIpc) is 2.68. The van der Waals surface area contributed by atoms with Crippen molar-refractivity contribution in [2.24, 2.45) is 0 Å². The molecule has 0 amide bonds. The highest BCUT2D eigenvalue weighted by molar-refractivity contribution is 7.89. The lowest BCUT2D eigenvalue weighted by atomic mass is 10.1. The van der Waals surface area contributed by atoms with E-state index in [-0.39, 0.29) is 23.5 Å². The number of sulfonamides is 1. The van der Waals surface area contributed by atoms with Gasteiger partial charge in [0.05, 0.1) is 10.5 Å². The highest BCUT2D eigenvalue weighted by Gasteiger charge is 2.25. The Morgan fingerprint density at radius 1 is 0.857 bits per heavy atom. The first-order valence-electron chi connectivity index (χ1n) is 8.48. The van der Waals surface area contributed by atoms with Crippen LogP contribution in [0.5, 0.6) is 0 Å². The zero-order valence-electron chi connectivity index (χ0n) is 14.8. The minimum Gasteiger partial charge on any atom is -0.478 e. The van der Waals surface area contributed by atoms with Crippen LogP contribution in [0.2, 0.25) is 0 Å². The standard InChI is InChI=1S/C21H18FNO4S/c22-19-6-4-5-17(13-19)15-23(28(26,27)20-7-2-1-3-8-20)14-16-9-11-18(12-10-16)21(24)25/h1-13H,14-15H2,(H,24,25). The molecular weight excluding hydrogens is 381 g/mol. The Balaban J connectivity index is 1.95. The maximum atomic E-state index is 13.6. The third kappa shape index (κ3) is 4.62. The molecule has 144 valence electrons. The smallest absolute Gasteiger partial charge is 0.335 e. The molecular formula is C21H18FNO4S. The van der Waals surface area contributed by atoms with E-state index >= 15 is 0 Å². The second-order valence-electron chi connectivity index (χ2n) is 6.22. The molecule has 0 atom stereocenters. The minimum absolute atomic E-state index is 0.0182. The predicted octanol–water partition coefficient (Wildman–Crippen LogP) is 3.92. The van der Waals surface area contributed by atoms with Crippen molar-refractivity contribution in [2.45, 2.75) is 18.0 Å². The Kier molecular flexibility index (Phi) is 5.87. The van der Waals surface area contributed by atoms with Crippen LogP contribution in [-0.2, 0) is 23.1 Å². The van der Waals surface area contributed by atoms with E-state index in [2.05, 4.69) is 0 Å². The maximum Gasteiger partial charge on any atom is 0.335 e. The summed E-state index contributed by atoms with van der Waals surface area (Å²) in [4.78, 5) is 11.1. The van der Waals surface area contributed by atoms with Gasteiger partial charge in [-0.25, -0.2) is 17.6 Å². The van der Waals surface area contributed by atoms with Crippen LogP contribution in [0.1, 0.15) is 21.5 Å². The maximum absolute atomic E-state index is 13.6. The average molecular weight is 399 g/mol. The molecule has 0 spiro atoms. The summed E-state index contributed by atoms with van der Waals surface area (Å²) in [6.07, 6.45) is 0. The fourth-order valence-corrected chi connectivity index (χ4v) is 4.20. The van der Waals surface area contributed by atoms with Crippen LogP contribution < -0.4 is 0 Å². The fraction of sp³-hybridized carbons (Fsp3) is 0.0952. The van der Waals surface area contributed by atoms with Gasteiger partial charge in [-0.1, -0.05) is 42.5 Å². The van der Waals surface area contributed by atoms with Crippen LogP contribution >= 0.6 is 0 Å². The third-order valence-corrected chi connectivity index (χ3v) is 5.99. The molecule has 0 aromatic heterocycles. The quantitative estimate of drug-likeness (QED) is 0.654. The largest absolute Gasteiger partial charge is 0.478 e. The van der Waals surface area contributed by atoms with Crippen molar-refractivity contribution >= 4 is 16.0 Å². The highest BCUT2D eigenvalue weighted by atomic mass is 32.2. The number of nitrogens with zero attached hydrogens (tertiary/aromatic N) is 1. The summed E-state index contributed by atoms with van der Waals surface area (Å²) in [5, 5.41) is 9.01. The van der Waals surface area contributed by atoms with Gasteiger partial charge in [0.25, 0.3) is 0 Å². The van der Waals surface area contributed by atoms with Crippen molar-refractivity contribution in [1.82, 2.24) is 4.31 Å². The number of hydrogen-bond donors (Lipinski definition) is 1. The molecule has 0 bridgehead atoms. The second kappa shape index (κ2) is 8.33. The number of benzene rings is 3. The summed E-state index contributed by atoms with van der Waals surface area (Å²) in [7, 11) is -3.84. The molecule has 0 aliphatic rings. The van der Waals surface area contributed by atoms with Gasteiger partial charge in [0, 0.05) is 13.1 Å². The molecule has 3 rings (SSSR count). The molecule has 5 nitrogen and oxygen atoms in total. The first kappa shape index (κ1) is 19.7. The molecule has 0 unspecified atom stereocenters. The number of hydrogen-bond acceptors (Lipinski definition) is 3. The Bertz CT molecular complexity index is 1070. The number of halogens is 1. The van der Waals surface area contributed by atoms with E-state index in [0.29, 0.717) is 11.1 Å². The summed E-state index contributed by atoms with van der Waals surface area (Å²) in [6.45, 7) is 0.00328. The lowest BCUT2D eigenvalue weighted by molar-refractivity contribution is 0.0697. The van der Waals surface area contributed by atoms with Crippen LogP contribution in [0.4, 0.5) is 4.39 Å². The van der Waals surface area contributed by atoms with Gasteiger partial charge in [0.1, 0.15) is 5.82 Å². The zero-order chi connectivity index (χ0) is 20.1. The van der Waals surface area contributed by atoms with Gasteiger partial charge in [0.15, 0.2) is 0 Å². The summed E-state index contributed by atoms with van der Waals surface area (Å²) >= 11 is 0. The zero-order valence-corrected chi connectivity index (χ0v) is 15.6. The van der Waals surface area contributed by atoms with Gasteiger partial charge in [-0.05, 0) is 47.5 Å². The van der Waals surface area contributed by atoms with Gasteiger partial charge >= 0.3 is 5.97 Å². The first-order chi connectivity index (χ1) is 13.4. The van der Waals surface area contributed by atoms with Crippen molar-refractivity contribution < 1.29 is 22.7 Å².